The van der Waals surface area contributed by atoms with E-state index in [0.29, 0.717) is 40.7 Å². The first-order valence-corrected chi connectivity index (χ1v) is 10.5. The Morgan fingerprint density at radius 3 is 2.77 bits per heavy atom. The van der Waals surface area contributed by atoms with E-state index < -0.39 is 0 Å². The highest BCUT2D eigenvalue weighted by Crippen LogP contribution is 2.36. The predicted octanol–water partition coefficient (Wildman–Crippen LogP) is 4.85. The number of aromatic nitrogens is 3. The van der Waals surface area contributed by atoms with Crippen molar-refractivity contribution < 1.29 is 18.8 Å². The lowest BCUT2D eigenvalue weighted by Gasteiger charge is -2.13. The minimum atomic E-state index is -0.0611. The Hall–Kier alpha value is -3.33. The van der Waals surface area contributed by atoms with Gasteiger partial charge < -0.3 is 24.3 Å². The molecule has 2 N–H and O–H groups in total. The van der Waals surface area contributed by atoms with Crippen LogP contribution >= 0.6 is 15.9 Å². The fraction of sp³-hybridized carbons (Fsp3) is 0.227. The fourth-order valence-corrected chi connectivity index (χ4v) is 3.76. The van der Waals surface area contributed by atoms with E-state index in [1.165, 1.54) is 0 Å². The van der Waals surface area contributed by atoms with E-state index in [-0.39, 0.29) is 12.3 Å². The third-order valence-electron chi connectivity index (χ3n) is 4.93. The number of carbonyl (C=O) groups is 1. The maximum atomic E-state index is 12.9. The van der Waals surface area contributed by atoms with Crippen LogP contribution in [0.25, 0.3) is 22.4 Å². The molecule has 31 heavy (non-hydrogen) atoms. The topological polar surface area (TPSA) is 102 Å². The molecule has 0 aliphatic heterocycles. The fourth-order valence-electron chi connectivity index (χ4n) is 3.27. The Morgan fingerprint density at radius 2 is 2.06 bits per heavy atom. The van der Waals surface area contributed by atoms with Crippen LogP contribution in [0.15, 0.2) is 45.5 Å². The molecule has 9 heteroatoms. The molecule has 160 valence electrons. The largest absolute Gasteiger partial charge is 0.497 e. The summed E-state index contributed by atoms with van der Waals surface area (Å²) in [5, 5.41) is 7.96. The molecule has 0 aliphatic rings. The third kappa shape index (κ3) is 4.13. The van der Waals surface area contributed by atoms with Crippen molar-refractivity contribution in [1.29, 1.82) is 0 Å². The molecule has 0 radical (unpaired) electrons. The normalized spacial score (nSPS) is 11.0. The molecule has 0 saturated carbocycles. The Labute approximate surface area is 187 Å². The Kier molecular flexibility index (Phi) is 5.94. The van der Waals surface area contributed by atoms with Crippen LogP contribution < -0.4 is 14.8 Å². The van der Waals surface area contributed by atoms with E-state index in [9.17, 15) is 4.79 Å². The number of ketones is 1. The van der Waals surface area contributed by atoms with Gasteiger partial charge in [-0.1, -0.05) is 12.1 Å². The molecule has 0 unspecified atom stereocenters. The number of nitrogens with one attached hydrogen (secondary N) is 2. The second-order valence-corrected chi connectivity index (χ2v) is 7.65. The SMILES string of the molecule is CCc1noc(-c2cc(NCC(=O)c3c[nH]c4cc(OC)ccc34)c(OC)cc2Br)n1. The summed E-state index contributed by atoms with van der Waals surface area (Å²) < 4.78 is 16.8. The molecule has 4 rings (SSSR count). The monoisotopic (exact) mass is 484 g/mol. The summed E-state index contributed by atoms with van der Waals surface area (Å²) in [7, 11) is 3.18. The van der Waals surface area contributed by atoms with Gasteiger partial charge in [-0.15, -0.1) is 0 Å². The first-order chi connectivity index (χ1) is 15.0. The number of Topliss-reactive ketones (excluding diaryl/α,β-unsaturated/α-hetero) is 1. The van der Waals surface area contributed by atoms with Gasteiger partial charge in [0.05, 0.1) is 32.0 Å². The number of benzene rings is 2. The van der Waals surface area contributed by atoms with Gasteiger partial charge in [0, 0.05) is 39.6 Å². The molecule has 2 heterocycles. The number of H-pyrrole nitrogens is 1. The van der Waals surface area contributed by atoms with Crippen LogP contribution in [-0.2, 0) is 6.42 Å². The standard InChI is InChI=1S/C22H21BrN4O4/c1-4-21-26-22(31-27-21)14-8-18(20(30-3)9-16(14)23)25-11-19(28)15-10-24-17-7-12(29-2)5-6-13(15)17/h5-10,24-25H,4,11H2,1-3H3. The van der Waals surface area contributed by atoms with Crippen LogP contribution in [0.5, 0.6) is 11.5 Å². The van der Waals surface area contributed by atoms with Crippen molar-refractivity contribution in [2.45, 2.75) is 13.3 Å². The second-order valence-electron chi connectivity index (χ2n) is 6.79. The first kappa shape index (κ1) is 20.9. The third-order valence-corrected chi connectivity index (χ3v) is 5.59. The van der Waals surface area contributed by atoms with Gasteiger partial charge in [0.15, 0.2) is 11.6 Å². The van der Waals surface area contributed by atoms with E-state index in [4.69, 9.17) is 14.0 Å². The van der Waals surface area contributed by atoms with Crippen molar-refractivity contribution in [3.8, 4) is 23.0 Å². The number of hydrogen-bond donors (Lipinski definition) is 2. The van der Waals surface area contributed by atoms with Gasteiger partial charge in [-0.2, -0.15) is 4.98 Å². The molecule has 2 aromatic carbocycles. The number of anilines is 1. The zero-order valence-electron chi connectivity index (χ0n) is 17.3. The molecule has 0 aliphatic carbocycles. The molecule has 0 bridgehead atoms. The van der Waals surface area contributed by atoms with Crippen LogP contribution in [0.4, 0.5) is 5.69 Å². The Balaban J connectivity index is 1.59. The lowest BCUT2D eigenvalue weighted by Crippen LogP contribution is -2.14. The summed E-state index contributed by atoms with van der Waals surface area (Å²) in [4.78, 5) is 20.4. The molecular formula is C22H21BrN4O4. The molecule has 4 aromatic rings. The van der Waals surface area contributed by atoms with Gasteiger partial charge in [-0.3, -0.25) is 4.79 Å². The van der Waals surface area contributed by atoms with Crippen LogP contribution in [0.2, 0.25) is 0 Å². The van der Waals surface area contributed by atoms with Crippen LogP contribution in [-0.4, -0.2) is 41.7 Å². The molecule has 0 saturated heterocycles. The predicted molar refractivity (Wildman–Crippen MR) is 121 cm³/mol. The minimum Gasteiger partial charge on any atom is -0.497 e. The zero-order chi connectivity index (χ0) is 22.0. The number of nitrogens with zero attached hydrogens (tertiary/aromatic N) is 2. The van der Waals surface area contributed by atoms with E-state index in [1.807, 2.05) is 31.2 Å². The summed E-state index contributed by atoms with van der Waals surface area (Å²) in [5.74, 6) is 2.27. The van der Waals surface area contributed by atoms with Crippen molar-refractivity contribution in [2.24, 2.45) is 0 Å². The van der Waals surface area contributed by atoms with Crippen molar-refractivity contribution in [2.75, 3.05) is 26.1 Å². The van der Waals surface area contributed by atoms with E-state index in [0.717, 1.165) is 21.1 Å². The van der Waals surface area contributed by atoms with Gasteiger partial charge in [0.1, 0.15) is 11.5 Å². The molecular weight excluding hydrogens is 464 g/mol. The van der Waals surface area contributed by atoms with Gasteiger partial charge >= 0.3 is 0 Å². The number of ether oxygens (including phenoxy) is 2. The van der Waals surface area contributed by atoms with Crippen molar-refractivity contribution in [1.82, 2.24) is 15.1 Å². The number of methoxy groups -OCH3 is 2. The molecule has 0 fully saturated rings. The average Bonchev–Trinajstić information content (AvgIpc) is 3.44. The Bertz CT molecular complexity index is 1250. The first-order valence-electron chi connectivity index (χ1n) is 9.66. The number of fused-ring (bicyclic) bond motifs is 1. The number of rotatable bonds is 8. The van der Waals surface area contributed by atoms with E-state index >= 15 is 0 Å². The summed E-state index contributed by atoms with van der Waals surface area (Å²) in [5.41, 5.74) is 2.80. The van der Waals surface area contributed by atoms with Crippen LogP contribution in [0, 0.1) is 0 Å². The lowest BCUT2D eigenvalue weighted by atomic mass is 10.1. The molecule has 0 amide bonds. The number of aromatic amines is 1. The van der Waals surface area contributed by atoms with Gasteiger partial charge in [0.2, 0.25) is 0 Å². The number of aryl methyl sites for hydroxylation is 1. The minimum absolute atomic E-state index is 0.0611. The van der Waals surface area contributed by atoms with E-state index in [2.05, 4.69) is 36.4 Å². The lowest BCUT2D eigenvalue weighted by molar-refractivity contribution is 0.101. The smallest absolute Gasteiger partial charge is 0.259 e. The zero-order valence-corrected chi connectivity index (χ0v) is 18.9. The summed E-state index contributed by atoms with van der Waals surface area (Å²) in [6.07, 6.45) is 2.39. The van der Waals surface area contributed by atoms with Gasteiger partial charge in [-0.25, -0.2) is 0 Å². The van der Waals surface area contributed by atoms with Crippen molar-refractivity contribution >= 4 is 38.3 Å². The van der Waals surface area contributed by atoms with Gasteiger partial charge in [0.25, 0.3) is 5.89 Å². The number of carbonyl (C=O) groups excluding carboxylic acids is 1. The molecule has 8 nitrogen and oxygen atoms in total. The van der Waals surface area contributed by atoms with Crippen LogP contribution in [0.1, 0.15) is 23.1 Å². The maximum Gasteiger partial charge on any atom is 0.259 e. The highest BCUT2D eigenvalue weighted by atomic mass is 79.9. The second kappa shape index (κ2) is 8.81. The van der Waals surface area contributed by atoms with E-state index in [1.54, 1.807) is 26.5 Å². The number of hydrogen-bond acceptors (Lipinski definition) is 7. The molecule has 0 spiro atoms. The molecule has 0 atom stereocenters. The quantitative estimate of drug-likeness (QED) is 0.344. The highest BCUT2D eigenvalue weighted by Gasteiger charge is 2.18. The molecule has 2 aromatic heterocycles. The van der Waals surface area contributed by atoms with Gasteiger partial charge in [-0.05, 0) is 40.2 Å². The number of halogens is 1. The summed E-state index contributed by atoms with van der Waals surface area (Å²) in [6.45, 7) is 2.04. The maximum absolute atomic E-state index is 12.9. The van der Waals surface area contributed by atoms with Crippen LogP contribution in [0.3, 0.4) is 0 Å². The summed E-state index contributed by atoms with van der Waals surface area (Å²) >= 11 is 3.52. The van der Waals surface area contributed by atoms with Crippen molar-refractivity contribution in [3.05, 3.63) is 52.4 Å². The van der Waals surface area contributed by atoms with Crippen molar-refractivity contribution in [3.63, 3.8) is 0 Å². The Morgan fingerprint density at radius 1 is 1.23 bits per heavy atom. The highest BCUT2D eigenvalue weighted by molar-refractivity contribution is 9.10. The summed E-state index contributed by atoms with van der Waals surface area (Å²) in [6, 6.07) is 9.19. The average molecular weight is 485 g/mol.